The highest BCUT2D eigenvalue weighted by Crippen LogP contribution is 2.14. The summed E-state index contributed by atoms with van der Waals surface area (Å²) in [7, 11) is 0. The Kier molecular flexibility index (Phi) is 5.19. The molecule has 16 heavy (non-hydrogen) atoms. The van der Waals surface area contributed by atoms with Gasteiger partial charge in [0.25, 0.3) is 0 Å². The van der Waals surface area contributed by atoms with Crippen LogP contribution in [-0.4, -0.2) is 24.2 Å². The second-order valence-electron chi connectivity index (χ2n) is 3.99. The van der Waals surface area contributed by atoms with Crippen molar-refractivity contribution >= 4 is 5.82 Å². The topological polar surface area (TPSA) is 34.1 Å². The maximum Gasteiger partial charge on any atom is 0.165 e. The second-order valence-corrected chi connectivity index (χ2v) is 3.99. The Morgan fingerprint density at radius 3 is 2.81 bits per heavy atom. The quantitative estimate of drug-likeness (QED) is 0.809. The molecule has 0 fully saturated rings. The fourth-order valence-electron chi connectivity index (χ4n) is 1.31. The minimum atomic E-state index is -0.329. The van der Waals surface area contributed by atoms with Crippen LogP contribution in [0.25, 0.3) is 0 Å². The highest BCUT2D eigenvalue weighted by molar-refractivity contribution is 5.36. The van der Waals surface area contributed by atoms with E-state index in [2.05, 4.69) is 24.1 Å². The van der Waals surface area contributed by atoms with E-state index < -0.39 is 0 Å². The van der Waals surface area contributed by atoms with E-state index in [0.29, 0.717) is 24.9 Å². The molecule has 1 rings (SSSR count). The van der Waals surface area contributed by atoms with Gasteiger partial charge in [-0.15, -0.1) is 0 Å². The summed E-state index contributed by atoms with van der Waals surface area (Å²) in [6, 6.07) is 3.05. The Bertz CT molecular complexity index is 318. The van der Waals surface area contributed by atoms with Crippen molar-refractivity contribution in [2.45, 2.75) is 26.8 Å². The summed E-state index contributed by atoms with van der Waals surface area (Å²) in [6.07, 6.45) is 1.57. The van der Waals surface area contributed by atoms with Crippen LogP contribution in [-0.2, 0) is 4.74 Å². The zero-order valence-corrected chi connectivity index (χ0v) is 10.0. The van der Waals surface area contributed by atoms with Crippen molar-refractivity contribution in [2.24, 2.45) is 5.92 Å². The molecular formula is C12H19FN2O. The average Bonchev–Trinajstić information content (AvgIpc) is 2.26. The number of rotatable bonds is 6. The number of aromatic nitrogens is 1. The Morgan fingerprint density at radius 2 is 2.25 bits per heavy atom. The standard InChI is InChI=1S/C12H19FN2O/c1-4-16-8-11(9(2)3)15-12-10(13)6-5-7-14-12/h5-7,9,11H,4,8H2,1-3H3,(H,14,15). The summed E-state index contributed by atoms with van der Waals surface area (Å²) in [5.74, 6) is 0.318. The summed E-state index contributed by atoms with van der Waals surface area (Å²) in [5.41, 5.74) is 0. The Morgan fingerprint density at radius 1 is 1.50 bits per heavy atom. The third kappa shape index (κ3) is 3.77. The van der Waals surface area contributed by atoms with Gasteiger partial charge in [0.05, 0.1) is 12.6 Å². The van der Waals surface area contributed by atoms with Gasteiger partial charge in [0.2, 0.25) is 0 Å². The SMILES string of the molecule is CCOCC(Nc1ncccc1F)C(C)C. The first-order valence-electron chi connectivity index (χ1n) is 5.60. The van der Waals surface area contributed by atoms with E-state index in [-0.39, 0.29) is 11.9 Å². The number of anilines is 1. The van der Waals surface area contributed by atoms with Crippen LogP contribution in [0.3, 0.4) is 0 Å². The molecule has 1 heterocycles. The molecule has 1 N–H and O–H groups in total. The lowest BCUT2D eigenvalue weighted by Gasteiger charge is -2.22. The van der Waals surface area contributed by atoms with E-state index in [0.717, 1.165) is 0 Å². The van der Waals surface area contributed by atoms with E-state index in [9.17, 15) is 4.39 Å². The van der Waals surface area contributed by atoms with Gasteiger partial charge in [-0.1, -0.05) is 13.8 Å². The van der Waals surface area contributed by atoms with Gasteiger partial charge in [-0.2, -0.15) is 0 Å². The molecule has 0 bridgehead atoms. The fourth-order valence-corrected chi connectivity index (χ4v) is 1.31. The lowest BCUT2D eigenvalue weighted by molar-refractivity contribution is 0.126. The Labute approximate surface area is 96.0 Å². The lowest BCUT2D eigenvalue weighted by Crippen LogP contribution is -2.31. The van der Waals surface area contributed by atoms with E-state index in [4.69, 9.17) is 4.74 Å². The molecule has 1 aromatic rings. The molecule has 0 aliphatic heterocycles. The van der Waals surface area contributed by atoms with Crippen LogP contribution >= 0.6 is 0 Å². The molecule has 1 unspecified atom stereocenters. The van der Waals surface area contributed by atoms with Crippen LogP contribution in [0.4, 0.5) is 10.2 Å². The molecular weight excluding hydrogens is 207 g/mol. The van der Waals surface area contributed by atoms with E-state index >= 15 is 0 Å². The normalized spacial score (nSPS) is 12.8. The lowest BCUT2D eigenvalue weighted by atomic mass is 10.1. The van der Waals surface area contributed by atoms with Crippen molar-refractivity contribution in [1.29, 1.82) is 0 Å². The van der Waals surface area contributed by atoms with Crippen molar-refractivity contribution in [3.05, 3.63) is 24.1 Å². The van der Waals surface area contributed by atoms with Crippen LogP contribution in [0.2, 0.25) is 0 Å². The second kappa shape index (κ2) is 6.43. The smallest absolute Gasteiger partial charge is 0.165 e. The highest BCUT2D eigenvalue weighted by Gasteiger charge is 2.15. The number of nitrogens with one attached hydrogen (secondary N) is 1. The molecule has 1 aromatic heterocycles. The number of pyridine rings is 1. The van der Waals surface area contributed by atoms with Crippen molar-refractivity contribution in [1.82, 2.24) is 4.98 Å². The van der Waals surface area contributed by atoms with Gasteiger partial charge in [-0.3, -0.25) is 0 Å². The van der Waals surface area contributed by atoms with Gasteiger partial charge in [0.15, 0.2) is 11.6 Å². The molecule has 4 heteroatoms. The Hall–Kier alpha value is -1.16. The maximum atomic E-state index is 13.4. The first kappa shape index (κ1) is 12.9. The summed E-state index contributed by atoms with van der Waals surface area (Å²) in [6.45, 7) is 7.30. The van der Waals surface area contributed by atoms with Crippen molar-refractivity contribution in [3.63, 3.8) is 0 Å². The monoisotopic (exact) mass is 226 g/mol. The zero-order chi connectivity index (χ0) is 12.0. The van der Waals surface area contributed by atoms with Gasteiger partial charge >= 0.3 is 0 Å². The van der Waals surface area contributed by atoms with Crippen molar-refractivity contribution in [3.8, 4) is 0 Å². The predicted molar refractivity (Wildman–Crippen MR) is 62.9 cm³/mol. The molecule has 0 amide bonds. The molecule has 0 aliphatic carbocycles. The van der Waals surface area contributed by atoms with Gasteiger partial charge in [-0.05, 0) is 25.0 Å². The maximum absolute atomic E-state index is 13.4. The number of hydrogen-bond acceptors (Lipinski definition) is 3. The third-order valence-electron chi connectivity index (χ3n) is 2.39. The zero-order valence-electron chi connectivity index (χ0n) is 10.0. The van der Waals surface area contributed by atoms with Crippen LogP contribution < -0.4 is 5.32 Å². The summed E-state index contributed by atoms with van der Waals surface area (Å²) >= 11 is 0. The van der Waals surface area contributed by atoms with Crippen LogP contribution in [0.15, 0.2) is 18.3 Å². The van der Waals surface area contributed by atoms with Gasteiger partial charge in [0, 0.05) is 12.8 Å². The van der Waals surface area contributed by atoms with E-state index in [1.54, 1.807) is 12.3 Å². The number of hydrogen-bond donors (Lipinski definition) is 1. The molecule has 0 saturated carbocycles. The predicted octanol–water partition coefficient (Wildman–Crippen LogP) is 2.69. The molecule has 3 nitrogen and oxygen atoms in total. The van der Waals surface area contributed by atoms with Gasteiger partial charge < -0.3 is 10.1 Å². The molecule has 90 valence electrons. The van der Waals surface area contributed by atoms with Gasteiger partial charge in [-0.25, -0.2) is 9.37 Å². The first-order valence-corrected chi connectivity index (χ1v) is 5.60. The minimum Gasteiger partial charge on any atom is -0.380 e. The van der Waals surface area contributed by atoms with E-state index in [1.807, 2.05) is 6.92 Å². The van der Waals surface area contributed by atoms with Gasteiger partial charge in [0.1, 0.15) is 0 Å². The molecule has 0 aliphatic rings. The molecule has 0 radical (unpaired) electrons. The third-order valence-corrected chi connectivity index (χ3v) is 2.39. The first-order chi connectivity index (χ1) is 7.65. The highest BCUT2D eigenvalue weighted by atomic mass is 19.1. The summed E-state index contributed by atoms with van der Waals surface area (Å²) < 4.78 is 18.7. The number of nitrogens with zero attached hydrogens (tertiary/aromatic N) is 1. The number of halogens is 1. The average molecular weight is 226 g/mol. The van der Waals surface area contributed by atoms with Crippen LogP contribution in [0, 0.1) is 11.7 Å². The largest absolute Gasteiger partial charge is 0.380 e. The van der Waals surface area contributed by atoms with Crippen LogP contribution in [0.5, 0.6) is 0 Å². The fraction of sp³-hybridized carbons (Fsp3) is 0.583. The molecule has 1 atom stereocenters. The van der Waals surface area contributed by atoms with Crippen molar-refractivity contribution < 1.29 is 9.13 Å². The van der Waals surface area contributed by atoms with Crippen molar-refractivity contribution in [2.75, 3.05) is 18.5 Å². The van der Waals surface area contributed by atoms with E-state index in [1.165, 1.54) is 6.07 Å². The molecule has 0 spiro atoms. The molecule has 0 aromatic carbocycles. The molecule has 0 saturated heterocycles. The minimum absolute atomic E-state index is 0.0735. The van der Waals surface area contributed by atoms with Crippen LogP contribution in [0.1, 0.15) is 20.8 Å². The Balaban J connectivity index is 2.64. The summed E-state index contributed by atoms with van der Waals surface area (Å²) in [5, 5.41) is 3.07. The summed E-state index contributed by atoms with van der Waals surface area (Å²) in [4.78, 5) is 3.97. The number of ether oxygens (including phenoxy) is 1.